The van der Waals surface area contributed by atoms with Crippen LogP contribution in [0.2, 0.25) is 5.15 Å². The van der Waals surface area contributed by atoms with E-state index in [0.717, 1.165) is 24.5 Å². The van der Waals surface area contributed by atoms with Crippen molar-refractivity contribution in [2.75, 3.05) is 45.3 Å². The van der Waals surface area contributed by atoms with Gasteiger partial charge in [-0.2, -0.15) is 0 Å². The Bertz CT molecular complexity index is 880. The first-order valence-corrected chi connectivity index (χ1v) is 9.77. The zero-order valence-corrected chi connectivity index (χ0v) is 16.8. The smallest absolute Gasteiger partial charge is 0.254 e. The Labute approximate surface area is 169 Å². The quantitative estimate of drug-likeness (QED) is 0.716. The topological polar surface area (TPSA) is 67.8 Å². The molecule has 28 heavy (non-hydrogen) atoms. The predicted molar refractivity (Wildman–Crippen MR) is 107 cm³/mol. The molecule has 1 aromatic carbocycles. The number of aromatic nitrogens is 2. The summed E-state index contributed by atoms with van der Waals surface area (Å²) in [5, 5.41) is 0.482. The average Bonchev–Trinajstić information content (AvgIpc) is 3.58. The molecule has 0 unspecified atom stereocenters. The minimum atomic E-state index is -0.0139. The van der Waals surface area contributed by atoms with Crippen LogP contribution in [0.4, 0.5) is 5.82 Å². The maximum atomic E-state index is 12.9. The molecule has 2 fully saturated rings. The second-order valence-electron chi connectivity index (χ2n) is 7.03. The Balaban J connectivity index is 1.43. The number of anilines is 1. The molecule has 2 aromatic rings. The minimum Gasteiger partial charge on any atom is -0.493 e. The summed E-state index contributed by atoms with van der Waals surface area (Å²) in [5.74, 6) is 3.28. The van der Waals surface area contributed by atoms with Crippen molar-refractivity contribution in [3.8, 4) is 11.5 Å². The first-order chi connectivity index (χ1) is 13.6. The number of nitrogens with zero attached hydrogens (tertiary/aromatic N) is 4. The highest BCUT2D eigenvalue weighted by Gasteiger charge is 2.29. The van der Waals surface area contributed by atoms with Crippen LogP contribution in [0.5, 0.6) is 11.5 Å². The first kappa shape index (κ1) is 18.8. The standard InChI is InChI=1S/C20H23ClN4O3/c1-27-15-6-5-14(11-16(15)28-2)20(26)25-9-7-24(8-10-25)18-12-17(21)22-19(23-18)13-3-4-13/h5-6,11-13H,3-4,7-10H2,1-2H3. The highest BCUT2D eigenvalue weighted by Crippen LogP contribution is 2.39. The Morgan fingerprint density at radius 2 is 1.75 bits per heavy atom. The number of methoxy groups -OCH3 is 2. The Kier molecular flexibility index (Phi) is 5.26. The lowest BCUT2D eigenvalue weighted by Gasteiger charge is -2.35. The molecule has 0 atom stereocenters. The van der Waals surface area contributed by atoms with Gasteiger partial charge in [0.05, 0.1) is 14.2 Å². The lowest BCUT2D eigenvalue weighted by molar-refractivity contribution is 0.0746. The van der Waals surface area contributed by atoms with Gasteiger partial charge in [0.1, 0.15) is 16.8 Å². The molecule has 0 radical (unpaired) electrons. The average molecular weight is 403 g/mol. The zero-order chi connectivity index (χ0) is 19.7. The Morgan fingerprint density at radius 1 is 1.04 bits per heavy atom. The zero-order valence-electron chi connectivity index (χ0n) is 16.0. The van der Waals surface area contributed by atoms with Gasteiger partial charge in [0, 0.05) is 43.7 Å². The number of amides is 1. The largest absolute Gasteiger partial charge is 0.493 e. The fraction of sp³-hybridized carbons (Fsp3) is 0.450. The van der Waals surface area contributed by atoms with E-state index in [1.165, 1.54) is 0 Å². The van der Waals surface area contributed by atoms with Crippen molar-refractivity contribution in [2.24, 2.45) is 0 Å². The summed E-state index contributed by atoms with van der Waals surface area (Å²) in [6.45, 7) is 2.65. The molecule has 0 N–H and O–H groups in total. The molecule has 1 saturated heterocycles. The number of ether oxygens (including phenoxy) is 2. The number of hydrogen-bond acceptors (Lipinski definition) is 6. The maximum Gasteiger partial charge on any atom is 0.254 e. The van der Waals surface area contributed by atoms with Gasteiger partial charge in [0.2, 0.25) is 0 Å². The van der Waals surface area contributed by atoms with Gasteiger partial charge in [-0.3, -0.25) is 4.79 Å². The van der Waals surface area contributed by atoms with Gasteiger partial charge in [0.25, 0.3) is 5.91 Å². The van der Waals surface area contributed by atoms with Gasteiger partial charge in [-0.25, -0.2) is 9.97 Å². The van der Waals surface area contributed by atoms with Crippen LogP contribution >= 0.6 is 11.6 Å². The molecule has 1 aliphatic heterocycles. The van der Waals surface area contributed by atoms with Gasteiger partial charge < -0.3 is 19.3 Å². The van der Waals surface area contributed by atoms with Crippen LogP contribution in [0.15, 0.2) is 24.3 Å². The molecule has 1 aromatic heterocycles. The third-order valence-electron chi connectivity index (χ3n) is 5.16. The van der Waals surface area contributed by atoms with E-state index in [1.807, 2.05) is 4.90 Å². The number of carbonyl (C=O) groups excluding carboxylic acids is 1. The molecular formula is C20H23ClN4O3. The summed E-state index contributed by atoms with van der Waals surface area (Å²) in [4.78, 5) is 25.9. The van der Waals surface area contributed by atoms with Gasteiger partial charge in [0.15, 0.2) is 11.5 Å². The second-order valence-corrected chi connectivity index (χ2v) is 7.42. The van der Waals surface area contributed by atoms with Gasteiger partial charge in [-0.1, -0.05) is 11.6 Å². The molecule has 148 valence electrons. The van der Waals surface area contributed by atoms with E-state index >= 15 is 0 Å². The highest BCUT2D eigenvalue weighted by atomic mass is 35.5. The van der Waals surface area contributed by atoms with Crippen LogP contribution in [0.25, 0.3) is 0 Å². The van der Waals surface area contributed by atoms with Crippen LogP contribution in [0.3, 0.4) is 0 Å². The fourth-order valence-electron chi connectivity index (χ4n) is 3.40. The minimum absolute atomic E-state index is 0.0139. The molecule has 2 aliphatic rings. The third-order valence-corrected chi connectivity index (χ3v) is 5.36. The lowest BCUT2D eigenvalue weighted by atomic mass is 10.1. The molecular weight excluding hydrogens is 380 g/mol. The molecule has 4 rings (SSSR count). The molecule has 2 heterocycles. The second kappa shape index (κ2) is 7.83. The van der Waals surface area contributed by atoms with E-state index < -0.39 is 0 Å². The van der Waals surface area contributed by atoms with Crippen molar-refractivity contribution in [3.05, 3.63) is 40.8 Å². The van der Waals surface area contributed by atoms with E-state index in [4.69, 9.17) is 21.1 Å². The number of benzene rings is 1. The number of carbonyl (C=O) groups is 1. The van der Waals surface area contributed by atoms with Crippen molar-refractivity contribution in [1.29, 1.82) is 0 Å². The molecule has 1 aliphatic carbocycles. The predicted octanol–water partition coefficient (Wildman–Crippen LogP) is 2.99. The summed E-state index contributed by atoms with van der Waals surface area (Å²) in [7, 11) is 3.14. The normalized spacial score (nSPS) is 16.8. The van der Waals surface area contributed by atoms with Crippen LogP contribution < -0.4 is 14.4 Å². The third kappa shape index (κ3) is 3.85. The van der Waals surface area contributed by atoms with Gasteiger partial charge in [-0.05, 0) is 31.0 Å². The van der Waals surface area contributed by atoms with Crippen molar-refractivity contribution < 1.29 is 14.3 Å². The summed E-state index contributed by atoms with van der Waals surface area (Å²) >= 11 is 6.19. The molecule has 0 spiro atoms. The Morgan fingerprint density at radius 3 is 2.39 bits per heavy atom. The van der Waals surface area contributed by atoms with E-state index in [9.17, 15) is 4.79 Å². The molecule has 1 saturated carbocycles. The number of halogens is 1. The SMILES string of the molecule is COc1ccc(C(=O)N2CCN(c3cc(Cl)nc(C4CC4)n3)CC2)cc1OC. The summed E-state index contributed by atoms with van der Waals surface area (Å²) < 4.78 is 10.5. The van der Waals surface area contributed by atoms with Crippen LogP contribution in [0.1, 0.15) is 34.9 Å². The highest BCUT2D eigenvalue weighted by molar-refractivity contribution is 6.29. The molecule has 7 nitrogen and oxygen atoms in total. The Hall–Kier alpha value is -2.54. The lowest BCUT2D eigenvalue weighted by Crippen LogP contribution is -2.49. The van der Waals surface area contributed by atoms with Gasteiger partial charge in [-0.15, -0.1) is 0 Å². The van der Waals surface area contributed by atoms with E-state index in [0.29, 0.717) is 54.3 Å². The maximum absolute atomic E-state index is 12.9. The van der Waals surface area contributed by atoms with E-state index in [2.05, 4.69) is 14.9 Å². The molecule has 1 amide bonds. The number of piperazine rings is 1. The van der Waals surface area contributed by atoms with Crippen LogP contribution in [-0.2, 0) is 0 Å². The summed E-state index contributed by atoms with van der Waals surface area (Å²) in [6.07, 6.45) is 2.26. The number of hydrogen-bond donors (Lipinski definition) is 0. The van der Waals surface area contributed by atoms with E-state index in [-0.39, 0.29) is 5.91 Å². The van der Waals surface area contributed by atoms with Crippen molar-refractivity contribution >= 4 is 23.3 Å². The first-order valence-electron chi connectivity index (χ1n) is 9.39. The van der Waals surface area contributed by atoms with E-state index in [1.54, 1.807) is 38.5 Å². The van der Waals surface area contributed by atoms with Crippen LogP contribution in [-0.4, -0.2) is 61.2 Å². The van der Waals surface area contributed by atoms with Crippen molar-refractivity contribution in [1.82, 2.24) is 14.9 Å². The molecule has 0 bridgehead atoms. The fourth-order valence-corrected chi connectivity index (χ4v) is 3.58. The van der Waals surface area contributed by atoms with Crippen LogP contribution in [0, 0.1) is 0 Å². The molecule has 8 heteroatoms. The van der Waals surface area contributed by atoms with Gasteiger partial charge >= 0.3 is 0 Å². The monoisotopic (exact) mass is 402 g/mol. The number of rotatable bonds is 5. The van der Waals surface area contributed by atoms with Crippen molar-refractivity contribution in [3.63, 3.8) is 0 Å². The summed E-state index contributed by atoms with van der Waals surface area (Å²) in [6, 6.07) is 7.05. The summed E-state index contributed by atoms with van der Waals surface area (Å²) in [5.41, 5.74) is 0.590. The van der Waals surface area contributed by atoms with Crippen molar-refractivity contribution in [2.45, 2.75) is 18.8 Å².